The van der Waals surface area contributed by atoms with E-state index in [1.165, 1.54) is 0 Å². The lowest BCUT2D eigenvalue weighted by Gasteiger charge is -2.17. The van der Waals surface area contributed by atoms with Crippen LogP contribution in [-0.2, 0) is 23.2 Å². The number of sulfonamides is 1. The van der Waals surface area contributed by atoms with Gasteiger partial charge in [0.15, 0.2) is 0 Å². The first kappa shape index (κ1) is 22.6. The van der Waals surface area contributed by atoms with Crippen molar-refractivity contribution in [3.8, 4) is 11.9 Å². The summed E-state index contributed by atoms with van der Waals surface area (Å²) in [5.74, 6) is 0.540. The van der Waals surface area contributed by atoms with Gasteiger partial charge in [0, 0.05) is 22.8 Å². The topological polar surface area (TPSA) is 110 Å². The summed E-state index contributed by atoms with van der Waals surface area (Å²) in [6, 6.07) is 17.5. The molecule has 9 heteroatoms. The summed E-state index contributed by atoms with van der Waals surface area (Å²) in [7, 11) is -3.41. The van der Waals surface area contributed by atoms with Crippen LogP contribution in [0.15, 0.2) is 60.9 Å². The molecule has 2 aromatic carbocycles. The molecule has 1 N–H and O–H groups in total. The van der Waals surface area contributed by atoms with Crippen molar-refractivity contribution in [3.05, 3.63) is 83.2 Å². The molecule has 5 rings (SSSR count). The van der Waals surface area contributed by atoms with Gasteiger partial charge < -0.3 is 4.74 Å². The molecule has 0 aliphatic carbocycles. The van der Waals surface area contributed by atoms with Crippen LogP contribution in [0.5, 0.6) is 5.88 Å². The highest BCUT2D eigenvalue weighted by Gasteiger charge is 2.25. The number of benzene rings is 2. The fourth-order valence-corrected chi connectivity index (χ4v) is 5.09. The van der Waals surface area contributed by atoms with Crippen molar-refractivity contribution in [1.82, 2.24) is 14.8 Å². The van der Waals surface area contributed by atoms with E-state index in [1.807, 2.05) is 36.4 Å². The molecule has 0 spiro atoms. The van der Waals surface area contributed by atoms with Crippen LogP contribution in [0.25, 0.3) is 22.0 Å². The number of nitrogens with one attached hydrogen (secondary N) is 1. The molecule has 0 unspecified atom stereocenters. The summed E-state index contributed by atoms with van der Waals surface area (Å²) in [4.78, 5) is 4.48. The van der Waals surface area contributed by atoms with E-state index in [9.17, 15) is 13.7 Å². The lowest BCUT2D eigenvalue weighted by Crippen LogP contribution is -2.09. The van der Waals surface area contributed by atoms with Crippen LogP contribution in [0, 0.1) is 11.3 Å². The normalized spacial score (nSPS) is 14.3. The Morgan fingerprint density at radius 1 is 1.20 bits per heavy atom. The molecule has 35 heavy (non-hydrogen) atoms. The number of hydrogen-bond donors (Lipinski definition) is 1. The molecule has 0 saturated heterocycles. The van der Waals surface area contributed by atoms with Crippen LogP contribution >= 0.6 is 0 Å². The van der Waals surface area contributed by atoms with E-state index < -0.39 is 10.0 Å². The number of nitriles is 1. The van der Waals surface area contributed by atoms with Crippen LogP contribution in [0.3, 0.4) is 0 Å². The lowest BCUT2D eigenvalue weighted by molar-refractivity contribution is 0.295. The summed E-state index contributed by atoms with van der Waals surface area (Å²) in [6.45, 7) is 2.56. The average Bonchev–Trinajstić information content (AvgIpc) is 3.14. The van der Waals surface area contributed by atoms with Gasteiger partial charge in [-0.05, 0) is 70.7 Å². The maximum absolute atomic E-state index is 11.8. The van der Waals surface area contributed by atoms with Crippen molar-refractivity contribution >= 4 is 37.8 Å². The first-order valence-electron chi connectivity index (χ1n) is 11.1. The summed E-state index contributed by atoms with van der Waals surface area (Å²) in [6.07, 6.45) is 5.30. The molecule has 8 nitrogen and oxygen atoms in total. The van der Waals surface area contributed by atoms with E-state index in [0.29, 0.717) is 24.6 Å². The summed E-state index contributed by atoms with van der Waals surface area (Å²) in [5.41, 5.74) is 7.11. The molecule has 3 heterocycles. The number of anilines is 1. The molecule has 2 aromatic heterocycles. The van der Waals surface area contributed by atoms with Crippen molar-refractivity contribution in [1.29, 1.82) is 5.26 Å². The molecular weight excluding hydrogens is 462 g/mol. The number of pyridine rings is 1. The Bertz CT molecular complexity index is 1630. The number of rotatable bonds is 5. The monoisotopic (exact) mass is 485 g/mol. The fraction of sp³-hybridized carbons (Fsp3) is 0.192. The first-order valence-corrected chi connectivity index (χ1v) is 13.0. The lowest BCUT2D eigenvalue weighted by atomic mass is 9.86. The van der Waals surface area contributed by atoms with Gasteiger partial charge >= 0.3 is 0 Å². The van der Waals surface area contributed by atoms with Crippen molar-refractivity contribution in [2.45, 2.75) is 26.5 Å². The molecular formula is C26H23N5O3S. The van der Waals surface area contributed by atoms with Gasteiger partial charge in [-0.2, -0.15) is 10.4 Å². The fourth-order valence-electron chi connectivity index (χ4n) is 4.54. The highest BCUT2D eigenvalue weighted by atomic mass is 32.2. The smallest absolute Gasteiger partial charge is 0.229 e. The number of nitrogens with zero attached hydrogens (tertiary/aromatic N) is 4. The number of fused-ring (bicyclic) bond motifs is 3. The number of hydrogen-bond acceptors (Lipinski definition) is 6. The summed E-state index contributed by atoms with van der Waals surface area (Å²) < 4.78 is 34.0. The van der Waals surface area contributed by atoms with Gasteiger partial charge in [0.05, 0.1) is 24.0 Å². The predicted molar refractivity (Wildman–Crippen MR) is 135 cm³/mol. The van der Waals surface area contributed by atoms with Gasteiger partial charge in [-0.25, -0.2) is 13.4 Å². The Balaban J connectivity index is 1.79. The molecule has 0 atom stereocenters. The second-order valence-electron chi connectivity index (χ2n) is 8.34. The van der Waals surface area contributed by atoms with E-state index in [0.717, 1.165) is 50.6 Å². The second-order valence-corrected chi connectivity index (χ2v) is 10.1. The van der Waals surface area contributed by atoms with Gasteiger partial charge in [0.1, 0.15) is 13.2 Å². The summed E-state index contributed by atoms with van der Waals surface area (Å²) in [5, 5.41) is 14.5. The maximum Gasteiger partial charge on any atom is 0.229 e. The van der Waals surface area contributed by atoms with Gasteiger partial charge in [0.2, 0.25) is 15.9 Å². The van der Waals surface area contributed by atoms with E-state index in [-0.39, 0.29) is 6.54 Å². The Labute approximate surface area is 203 Å². The van der Waals surface area contributed by atoms with Crippen LogP contribution in [0.1, 0.15) is 35.6 Å². The number of aromatic nitrogens is 3. The zero-order chi connectivity index (χ0) is 24.6. The highest BCUT2D eigenvalue weighted by molar-refractivity contribution is 7.92. The minimum Gasteiger partial charge on any atom is -0.472 e. The molecule has 176 valence electrons. The van der Waals surface area contributed by atoms with E-state index in [4.69, 9.17) is 4.74 Å². The number of ether oxygens (including phenoxy) is 1. The van der Waals surface area contributed by atoms with Gasteiger partial charge in [-0.3, -0.25) is 9.40 Å². The molecule has 0 bridgehead atoms. The second kappa shape index (κ2) is 8.89. The van der Waals surface area contributed by atoms with Crippen LogP contribution in [0.4, 0.5) is 5.69 Å². The number of allylic oxidation sites excluding steroid dienone is 1. The molecule has 1 aliphatic rings. The van der Waals surface area contributed by atoms with Crippen LogP contribution in [0.2, 0.25) is 0 Å². The van der Waals surface area contributed by atoms with Crippen molar-refractivity contribution in [2.75, 3.05) is 11.0 Å². The van der Waals surface area contributed by atoms with Crippen molar-refractivity contribution in [3.63, 3.8) is 0 Å². The van der Waals surface area contributed by atoms with Crippen LogP contribution in [-0.4, -0.2) is 29.4 Å². The molecule has 0 fully saturated rings. The first-order chi connectivity index (χ1) is 16.9. The Hall–Kier alpha value is -4.16. The largest absolute Gasteiger partial charge is 0.472 e. The van der Waals surface area contributed by atoms with Gasteiger partial charge in [0.25, 0.3) is 0 Å². The maximum atomic E-state index is 11.8. The third-order valence-corrected chi connectivity index (χ3v) is 6.54. The molecule has 0 radical (unpaired) electrons. The Kier molecular flexibility index (Phi) is 5.75. The molecule has 4 aromatic rings. The van der Waals surface area contributed by atoms with Gasteiger partial charge in [-0.15, -0.1) is 0 Å². The van der Waals surface area contributed by atoms with E-state index in [2.05, 4.69) is 33.9 Å². The van der Waals surface area contributed by atoms with Gasteiger partial charge in [-0.1, -0.05) is 19.1 Å². The third-order valence-electron chi connectivity index (χ3n) is 5.93. The standard InChI is InChI=1S/C26H23N5O3S/c1-3-21(17-6-4-7-20(12-17)30-35(2,32)33)25-22-8-5-10-28-26(22)34-16-19-14-24-18(13-23(19)25)15-29-31(24)11-9-27/h4-8,10,12-15,30H,3,11,16H2,1-2H3/b25-21+. The third kappa shape index (κ3) is 4.36. The van der Waals surface area contributed by atoms with E-state index in [1.54, 1.807) is 23.1 Å². The predicted octanol–water partition coefficient (Wildman–Crippen LogP) is 4.59. The zero-order valence-corrected chi connectivity index (χ0v) is 20.1. The SMILES string of the molecule is CC/C(=C1\c2cc3cnn(CC#N)c3cc2COc2ncccc21)c1cccc(NS(C)(=O)=O)c1. The van der Waals surface area contributed by atoms with Crippen molar-refractivity contribution < 1.29 is 13.2 Å². The average molecular weight is 486 g/mol. The highest BCUT2D eigenvalue weighted by Crippen LogP contribution is 2.42. The molecule has 1 aliphatic heterocycles. The summed E-state index contributed by atoms with van der Waals surface area (Å²) >= 11 is 0. The van der Waals surface area contributed by atoms with Crippen LogP contribution < -0.4 is 9.46 Å². The van der Waals surface area contributed by atoms with Crippen molar-refractivity contribution in [2.24, 2.45) is 0 Å². The Morgan fingerprint density at radius 2 is 2.06 bits per heavy atom. The molecule has 0 saturated carbocycles. The minimum atomic E-state index is -3.41. The minimum absolute atomic E-state index is 0.161. The quantitative estimate of drug-likeness (QED) is 0.443. The zero-order valence-electron chi connectivity index (χ0n) is 19.3. The Morgan fingerprint density at radius 3 is 2.83 bits per heavy atom. The molecule has 0 amide bonds. The van der Waals surface area contributed by atoms with E-state index >= 15 is 0 Å².